The van der Waals surface area contributed by atoms with Gasteiger partial charge in [-0.15, -0.1) is 0 Å². The van der Waals surface area contributed by atoms with E-state index in [1.54, 1.807) is 6.07 Å². The van der Waals surface area contributed by atoms with Crippen LogP contribution in [0.2, 0.25) is 0 Å². The Hall–Kier alpha value is -1.04. The van der Waals surface area contributed by atoms with Crippen LogP contribution in [0.3, 0.4) is 0 Å². The third kappa shape index (κ3) is 5.94. The maximum absolute atomic E-state index is 11.8. The van der Waals surface area contributed by atoms with E-state index in [0.717, 1.165) is 12.1 Å². The molecule has 0 aromatic heterocycles. The van der Waals surface area contributed by atoms with Gasteiger partial charge in [-0.2, -0.15) is 13.2 Å². The third-order valence-corrected chi connectivity index (χ3v) is 3.36. The molecule has 0 amide bonds. The van der Waals surface area contributed by atoms with E-state index in [1.807, 2.05) is 0 Å². The van der Waals surface area contributed by atoms with E-state index in [-0.39, 0.29) is 0 Å². The molecule has 0 atom stereocenters. The minimum atomic E-state index is -4.21. The van der Waals surface area contributed by atoms with Crippen molar-refractivity contribution in [3.63, 3.8) is 0 Å². The van der Waals surface area contributed by atoms with Crippen molar-refractivity contribution in [1.82, 2.24) is 0 Å². The first kappa shape index (κ1) is 17.0. The largest absolute Gasteiger partial charge is 0.416 e. The highest BCUT2D eigenvalue weighted by Crippen LogP contribution is 2.28. The van der Waals surface area contributed by atoms with E-state index in [1.165, 1.54) is 21.3 Å². The zero-order valence-electron chi connectivity index (χ0n) is 11.3. The van der Waals surface area contributed by atoms with Crippen molar-refractivity contribution in [1.29, 1.82) is 0 Å². The number of benzene rings is 2. The summed E-state index contributed by atoms with van der Waals surface area (Å²) in [6.45, 7) is 4.42. The zero-order chi connectivity index (χ0) is 15.2. The van der Waals surface area contributed by atoms with Crippen molar-refractivity contribution >= 4 is 22.6 Å². The minimum Gasteiger partial charge on any atom is -0.166 e. The fraction of sp³-hybridized carbons (Fsp3) is 0.250. The lowest BCUT2D eigenvalue weighted by Gasteiger charge is -2.03. The fourth-order valence-corrected chi connectivity index (χ4v) is 1.83. The molecule has 20 heavy (non-hydrogen) atoms. The summed E-state index contributed by atoms with van der Waals surface area (Å²) in [6.07, 6.45) is -4.21. The molecule has 0 aliphatic rings. The summed E-state index contributed by atoms with van der Waals surface area (Å²) in [5, 5.41) is 0. The molecule has 0 radical (unpaired) electrons. The lowest BCUT2D eigenvalue weighted by atomic mass is 10.0. The third-order valence-electron chi connectivity index (χ3n) is 2.64. The average molecular weight is 392 g/mol. The van der Waals surface area contributed by atoms with E-state index in [0.29, 0.717) is 5.92 Å². The second kappa shape index (κ2) is 7.67. The van der Waals surface area contributed by atoms with E-state index < -0.39 is 11.7 Å². The van der Waals surface area contributed by atoms with Gasteiger partial charge in [0.25, 0.3) is 0 Å². The standard InChI is InChI=1S/C9H11I.C7H5F3/c1-7(2)8-3-5-9(10)6-4-8;8-7(9,10)6-4-2-1-3-5-6/h3-7H,1-2H3;1-5H. The highest BCUT2D eigenvalue weighted by molar-refractivity contribution is 14.1. The number of hydrogen-bond acceptors (Lipinski definition) is 0. The molecule has 108 valence electrons. The molecule has 0 spiro atoms. The maximum Gasteiger partial charge on any atom is 0.416 e. The maximum atomic E-state index is 11.8. The quantitative estimate of drug-likeness (QED) is 0.513. The van der Waals surface area contributed by atoms with Crippen LogP contribution in [0, 0.1) is 3.57 Å². The predicted octanol–water partition coefficient (Wildman–Crippen LogP) is 6.12. The van der Waals surface area contributed by atoms with Crippen LogP contribution in [0.15, 0.2) is 54.6 Å². The fourth-order valence-electron chi connectivity index (χ4n) is 1.47. The molecule has 4 heteroatoms. The van der Waals surface area contributed by atoms with E-state index in [4.69, 9.17) is 0 Å². The monoisotopic (exact) mass is 392 g/mol. The first-order chi connectivity index (χ1) is 9.30. The Kier molecular flexibility index (Phi) is 6.52. The highest BCUT2D eigenvalue weighted by atomic mass is 127. The van der Waals surface area contributed by atoms with Crippen LogP contribution >= 0.6 is 22.6 Å². The molecule has 0 heterocycles. The van der Waals surface area contributed by atoms with Crippen molar-refractivity contribution in [3.05, 3.63) is 69.3 Å². The SMILES string of the molecule is CC(C)c1ccc(I)cc1.FC(F)(F)c1ccccc1. The summed E-state index contributed by atoms with van der Waals surface area (Å²) < 4.78 is 36.7. The Balaban J connectivity index is 0.000000200. The van der Waals surface area contributed by atoms with Gasteiger partial charge < -0.3 is 0 Å². The highest BCUT2D eigenvalue weighted by Gasteiger charge is 2.29. The van der Waals surface area contributed by atoms with Crippen LogP contribution < -0.4 is 0 Å². The second-order valence-electron chi connectivity index (χ2n) is 4.57. The Bertz CT molecular complexity index is 501. The van der Waals surface area contributed by atoms with Crippen LogP contribution in [0.1, 0.15) is 30.9 Å². The molecular formula is C16H16F3I. The predicted molar refractivity (Wildman–Crippen MR) is 84.7 cm³/mol. The van der Waals surface area contributed by atoms with Gasteiger partial charge in [0, 0.05) is 3.57 Å². The molecular weight excluding hydrogens is 376 g/mol. The van der Waals surface area contributed by atoms with Crippen LogP contribution in [-0.2, 0) is 6.18 Å². The van der Waals surface area contributed by atoms with E-state index in [2.05, 4.69) is 60.7 Å². The van der Waals surface area contributed by atoms with Crippen molar-refractivity contribution < 1.29 is 13.2 Å². The van der Waals surface area contributed by atoms with Gasteiger partial charge in [0.05, 0.1) is 5.56 Å². The van der Waals surface area contributed by atoms with Crippen LogP contribution in [0.5, 0.6) is 0 Å². The topological polar surface area (TPSA) is 0 Å². The van der Waals surface area contributed by atoms with Crippen LogP contribution in [0.25, 0.3) is 0 Å². The van der Waals surface area contributed by atoms with Gasteiger partial charge >= 0.3 is 6.18 Å². The van der Waals surface area contributed by atoms with E-state index >= 15 is 0 Å². The van der Waals surface area contributed by atoms with Crippen molar-refractivity contribution in [3.8, 4) is 0 Å². The summed E-state index contributed by atoms with van der Waals surface area (Å²) in [5.41, 5.74) is 0.815. The first-order valence-electron chi connectivity index (χ1n) is 6.18. The molecule has 0 fully saturated rings. The summed E-state index contributed by atoms with van der Waals surface area (Å²) in [5.74, 6) is 0.650. The van der Waals surface area contributed by atoms with Gasteiger partial charge in [-0.3, -0.25) is 0 Å². The van der Waals surface area contributed by atoms with Crippen molar-refractivity contribution in [2.24, 2.45) is 0 Å². The van der Waals surface area contributed by atoms with E-state index in [9.17, 15) is 13.2 Å². The molecule has 0 nitrogen and oxygen atoms in total. The Morgan fingerprint density at radius 2 is 1.35 bits per heavy atom. The summed E-state index contributed by atoms with van der Waals surface area (Å²) in [7, 11) is 0. The minimum absolute atomic E-state index is 0.602. The Morgan fingerprint density at radius 1 is 0.850 bits per heavy atom. The second-order valence-corrected chi connectivity index (χ2v) is 5.82. The molecule has 2 rings (SSSR count). The lowest BCUT2D eigenvalue weighted by Crippen LogP contribution is -2.03. The lowest BCUT2D eigenvalue weighted by molar-refractivity contribution is -0.137. The van der Waals surface area contributed by atoms with Crippen molar-refractivity contribution in [2.45, 2.75) is 25.9 Å². The molecule has 0 aliphatic carbocycles. The molecule has 2 aromatic carbocycles. The Labute approximate surface area is 131 Å². The summed E-state index contributed by atoms with van der Waals surface area (Å²) >= 11 is 2.32. The molecule has 0 bridgehead atoms. The van der Waals surface area contributed by atoms with Gasteiger partial charge in [0.15, 0.2) is 0 Å². The number of halogens is 4. The molecule has 0 saturated carbocycles. The van der Waals surface area contributed by atoms with Crippen molar-refractivity contribution in [2.75, 3.05) is 0 Å². The van der Waals surface area contributed by atoms with Gasteiger partial charge in [0.2, 0.25) is 0 Å². The van der Waals surface area contributed by atoms with Gasteiger partial charge in [-0.25, -0.2) is 0 Å². The van der Waals surface area contributed by atoms with Gasteiger partial charge in [-0.1, -0.05) is 56.3 Å². The first-order valence-corrected chi connectivity index (χ1v) is 7.26. The van der Waals surface area contributed by atoms with Gasteiger partial charge in [0.1, 0.15) is 0 Å². The Morgan fingerprint density at radius 3 is 1.70 bits per heavy atom. The zero-order valence-corrected chi connectivity index (χ0v) is 13.4. The number of hydrogen-bond donors (Lipinski definition) is 0. The number of rotatable bonds is 1. The molecule has 0 aliphatic heterocycles. The molecule has 0 unspecified atom stereocenters. The summed E-state index contributed by atoms with van der Waals surface area (Å²) in [6, 6.07) is 15.0. The summed E-state index contributed by atoms with van der Waals surface area (Å²) in [4.78, 5) is 0. The number of alkyl halides is 3. The molecule has 0 saturated heterocycles. The molecule has 0 N–H and O–H groups in total. The van der Waals surface area contributed by atoms with Gasteiger partial charge in [-0.05, 0) is 46.2 Å². The normalized spacial score (nSPS) is 10.9. The smallest absolute Gasteiger partial charge is 0.166 e. The van der Waals surface area contributed by atoms with Crippen LogP contribution in [0.4, 0.5) is 13.2 Å². The molecule has 2 aromatic rings. The van der Waals surface area contributed by atoms with Crippen LogP contribution in [-0.4, -0.2) is 0 Å². The average Bonchev–Trinajstić information content (AvgIpc) is 2.40.